The SMILES string of the molecule is CC(Cl)CCNC(=O)c1ccc(Cl)cc1O. The Bertz CT molecular complexity index is 380. The molecular weight excluding hydrogens is 249 g/mol. The van der Waals surface area contributed by atoms with E-state index in [1.807, 2.05) is 6.92 Å². The molecule has 2 N–H and O–H groups in total. The highest BCUT2D eigenvalue weighted by Crippen LogP contribution is 2.21. The van der Waals surface area contributed by atoms with Gasteiger partial charge in [-0.15, -0.1) is 11.6 Å². The van der Waals surface area contributed by atoms with Gasteiger partial charge in [0.2, 0.25) is 0 Å². The first-order valence-corrected chi connectivity index (χ1v) is 5.73. The molecule has 1 rings (SSSR count). The lowest BCUT2D eigenvalue weighted by atomic mass is 10.2. The lowest BCUT2D eigenvalue weighted by molar-refractivity contribution is 0.0950. The van der Waals surface area contributed by atoms with Gasteiger partial charge in [0.1, 0.15) is 5.75 Å². The van der Waals surface area contributed by atoms with E-state index in [2.05, 4.69) is 5.32 Å². The monoisotopic (exact) mass is 261 g/mol. The van der Waals surface area contributed by atoms with Crippen molar-refractivity contribution in [1.29, 1.82) is 0 Å². The fraction of sp³-hybridized carbons (Fsp3) is 0.364. The van der Waals surface area contributed by atoms with Crippen molar-refractivity contribution in [2.45, 2.75) is 18.7 Å². The summed E-state index contributed by atoms with van der Waals surface area (Å²) < 4.78 is 0. The normalized spacial score (nSPS) is 12.2. The van der Waals surface area contributed by atoms with Gasteiger partial charge >= 0.3 is 0 Å². The molecular formula is C11H13Cl2NO2. The molecule has 1 unspecified atom stereocenters. The molecule has 3 nitrogen and oxygen atoms in total. The maximum absolute atomic E-state index is 11.6. The van der Waals surface area contributed by atoms with Crippen LogP contribution in [0.4, 0.5) is 0 Å². The largest absolute Gasteiger partial charge is 0.507 e. The van der Waals surface area contributed by atoms with Crippen LogP contribution in [-0.4, -0.2) is 22.9 Å². The summed E-state index contributed by atoms with van der Waals surface area (Å²) in [6.07, 6.45) is 0.682. The third-order valence-corrected chi connectivity index (χ3v) is 2.49. The van der Waals surface area contributed by atoms with Gasteiger partial charge in [-0.2, -0.15) is 0 Å². The predicted molar refractivity (Wildman–Crippen MR) is 65.4 cm³/mol. The highest BCUT2D eigenvalue weighted by atomic mass is 35.5. The van der Waals surface area contributed by atoms with Gasteiger partial charge < -0.3 is 10.4 Å². The molecule has 1 atom stereocenters. The van der Waals surface area contributed by atoms with Gasteiger partial charge in [-0.1, -0.05) is 11.6 Å². The van der Waals surface area contributed by atoms with E-state index in [0.717, 1.165) is 0 Å². The van der Waals surface area contributed by atoms with Gasteiger partial charge in [0.25, 0.3) is 5.91 Å². The molecule has 1 amide bonds. The van der Waals surface area contributed by atoms with Crippen LogP contribution in [-0.2, 0) is 0 Å². The second-order valence-electron chi connectivity index (χ2n) is 3.49. The highest BCUT2D eigenvalue weighted by molar-refractivity contribution is 6.30. The summed E-state index contributed by atoms with van der Waals surface area (Å²) in [4.78, 5) is 11.6. The molecule has 0 bridgehead atoms. The number of benzene rings is 1. The zero-order chi connectivity index (χ0) is 12.1. The first-order valence-electron chi connectivity index (χ1n) is 4.91. The minimum Gasteiger partial charge on any atom is -0.507 e. The Balaban J connectivity index is 2.59. The molecule has 1 aromatic rings. The van der Waals surface area contributed by atoms with Gasteiger partial charge in [-0.05, 0) is 31.5 Å². The van der Waals surface area contributed by atoms with Gasteiger partial charge in [0.05, 0.1) is 5.56 Å². The van der Waals surface area contributed by atoms with Crippen LogP contribution >= 0.6 is 23.2 Å². The van der Waals surface area contributed by atoms with E-state index in [9.17, 15) is 9.90 Å². The Hall–Kier alpha value is -0.930. The number of hydrogen-bond donors (Lipinski definition) is 2. The number of aromatic hydroxyl groups is 1. The summed E-state index contributed by atoms with van der Waals surface area (Å²) in [6.45, 7) is 2.33. The van der Waals surface area contributed by atoms with Gasteiger partial charge in [-0.25, -0.2) is 0 Å². The molecule has 88 valence electrons. The molecule has 0 aliphatic rings. The standard InChI is InChI=1S/C11H13Cl2NO2/c1-7(12)4-5-14-11(16)9-3-2-8(13)6-10(9)15/h2-3,6-7,15H,4-5H2,1H3,(H,14,16). The average molecular weight is 262 g/mol. The number of nitrogens with one attached hydrogen (secondary N) is 1. The third-order valence-electron chi connectivity index (χ3n) is 2.03. The number of halogens is 2. The van der Waals surface area contributed by atoms with Gasteiger partial charge in [-0.3, -0.25) is 4.79 Å². The van der Waals surface area contributed by atoms with E-state index in [1.165, 1.54) is 12.1 Å². The number of amides is 1. The minimum absolute atomic E-state index is 0.0131. The highest BCUT2D eigenvalue weighted by Gasteiger charge is 2.10. The van der Waals surface area contributed by atoms with Crippen molar-refractivity contribution in [2.24, 2.45) is 0 Å². The van der Waals surface area contributed by atoms with Crippen LogP contribution in [0, 0.1) is 0 Å². The molecule has 0 aliphatic carbocycles. The summed E-state index contributed by atoms with van der Waals surface area (Å²) in [5, 5.41) is 12.6. The van der Waals surface area contributed by atoms with E-state index in [-0.39, 0.29) is 22.6 Å². The molecule has 0 heterocycles. The zero-order valence-electron chi connectivity index (χ0n) is 8.84. The fourth-order valence-corrected chi connectivity index (χ4v) is 1.45. The Labute approximate surface area is 104 Å². The Morgan fingerprint density at radius 1 is 1.56 bits per heavy atom. The Morgan fingerprint density at radius 2 is 2.25 bits per heavy atom. The van der Waals surface area contributed by atoms with Crippen molar-refractivity contribution in [2.75, 3.05) is 6.54 Å². The van der Waals surface area contributed by atoms with Crippen molar-refractivity contribution in [3.63, 3.8) is 0 Å². The van der Waals surface area contributed by atoms with E-state index in [1.54, 1.807) is 6.07 Å². The van der Waals surface area contributed by atoms with Gasteiger partial charge in [0.15, 0.2) is 0 Å². The lowest BCUT2D eigenvalue weighted by Crippen LogP contribution is -2.25. The summed E-state index contributed by atoms with van der Waals surface area (Å²) in [5.41, 5.74) is 0.214. The lowest BCUT2D eigenvalue weighted by Gasteiger charge is -2.07. The van der Waals surface area contributed by atoms with Gasteiger partial charge in [0, 0.05) is 16.9 Å². The molecule has 0 fully saturated rings. The van der Waals surface area contributed by atoms with Crippen molar-refractivity contribution < 1.29 is 9.90 Å². The number of carbonyl (C=O) groups excluding carboxylic acids is 1. The topological polar surface area (TPSA) is 49.3 Å². The number of alkyl halides is 1. The molecule has 1 aromatic carbocycles. The summed E-state index contributed by atoms with van der Waals surface area (Å²) >= 11 is 11.4. The summed E-state index contributed by atoms with van der Waals surface area (Å²) in [7, 11) is 0. The summed E-state index contributed by atoms with van der Waals surface area (Å²) in [5.74, 6) is -0.449. The van der Waals surface area contributed by atoms with Crippen molar-refractivity contribution in [1.82, 2.24) is 5.32 Å². The molecule has 0 saturated heterocycles. The van der Waals surface area contributed by atoms with E-state index in [4.69, 9.17) is 23.2 Å². The van der Waals surface area contributed by atoms with Crippen LogP contribution in [0.2, 0.25) is 5.02 Å². The number of carbonyl (C=O) groups is 1. The van der Waals surface area contributed by atoms with Crippen LogP contribution in [0.15, 0.2) is 18.2 Å². The van der Waals surface area contributed by atoms with Crippen LogP contribution < -0.4 is 5.32 Å². The second-order valence-corrected chi connectivity index (χ2v) is 4.67. The number of rotatable bonds is 4. The molecule has 5 heteroatoms. The zero-order valence-corrected chi connectivity index (χ0v) is 10.3. The van der Waals surface area contributed by atoms with Crippen LogP contribution in [0.25, 0.3) is 0 Å². The molecule has 16 heavy (non-hydrogen) atoms. The Morgan fingerprint density at radius 3 is 2.81 bits per heavy atom. The van der Waals surface area contributed by atoms with Crippen LogP contribution in [0.5, 0.6) is 5.75 Å². The summed E-state index contributed by atoms with van der Waals surface area (Å²) in [6, 6.07) is 4.37. The average Bonchev–Trinajstić information content (AvgIpc) is 2.16. The van der Waals surface area contributed by atoms with Crippen LogP contribution in [0.3, 0.4) is 0 Å². The fourth-order valence-electron chi connectivity index (χ4n) is 1.18. The first kappa shape index (κ1) is 13.1. The minimum atomic E-state index is -0.327. The number of phenols is 1. The molecule has 0 aromatic heterocycles. The van der Waals surface area contributed by atoms with E-state index in [0.29, 0.717) is 18.0 Å². The number of phenolic OH excluding ortho intramolecular Hbond substituents is 1. The van der Waals surface area contributed by atoms with E-state index >= 15 is 0 Å². The van der Waals surface area contributed by atoms with Crippen molar-refractivity contribution in [3.05, 3.63) is 28.8 Å². The predicted octanol–water partition coefficient (Wildman–Crippen LogP) is 2.79. The number of hydrogen-bond acceptors (Lipinski definition) is 2. The van der Waals surface area contributed by atoms with E-state index < -0.39 is 0 Å². The quantitative estimate of drug-likeness (QED) is 0.820. The smallest absolute Gasteiger partial charge is 0.255 e. The maximum Gasteiger partial charge on any atom is 0.255 e. The first-order chi connectivity index (χ1) is 7.50. The van der Waals surface area contributed by atoms with Crippen molar-refractivity contribution >= 4 is 29.1 Å². The third kappa shape index (κ3) is 3.91. The second kappa shape index (κ2) is 5.97. The maximum atomic E-state index is 11.6. The molecule has 0 spiro atoms. The van der Waals surface area contributed by atoms with Crippen molar-refractivity contribution in [3.8, 4) is 5.75 Å². The Kier molecular flexibility index (Phi) is 4.90. The van der Waals surface area contributed by atoms with Crippen LogP contribution in [0.1, 0.15) is 23.7 Å². The molecule has 0 radical (unpaired) electrons. The molecule has 0 aliphatic heterocycles. The molecule has 0 saturated carbocycles.